The molecule has 0 saturated carbocycles. The molecule has 0 aliphatic heterocycles. The summed E-state index contributed by atoms with van der Waals surface area (Å²) in [4.78, 5) is 0. The minimum atomic E-state index is -0.0753. The lowest BCUT2D eigenvalue weighted by Gasteiger charge is -2.25. The van der Waals surface area contributed by atoms with Crippen LogP contribution in [-0.4, -0.2) is 11.2 Å². The van der Waals surface area contributed by atoms with E-state index in [1.54, 1.807) is 0 Å². The van der Waals surface area contributed by atoms with E-state index in [0.29, 0.717) is 11.8 Å². The molecule has 1 N–H and O–H groups in total. The van der Waals surface area contributed by atoms with Crippen molar-refractivity contribution in [3.8, 4) is 0 Å². The van der Waals surface area contributed by atoms with Crippen LogP contribution in [0.15, 0.2) is 0 Å². The van der Waals surface area contributed by atoms with Gasteiger partial charge in [0.1, 0.15) is 0 Å². The van der Waals surface area contributed by atoms with Gasteiger partial charge >= 0.3 is 0 Å². The van der Waals surface area contributed by atoms with Gasteiger partial charge < -0.3 is 5.11 Å². The number of rotatable bonds is 9. The van der Waals surface area contributed by atoms with Crippen LogP contribution in [0.2, 0.25) is 0 Å². The van der Waals surface area contributed by atoms with E-state index in [0.717, 1.165) is 12.3 Å². The highest BCUT2D eigenvalue weighted by molar-refractivity contribution is 4.71. The fourth-order valence-electron chi connectivity index (χ4n) is 2.78. The van der Waals surface area contributed by atoms with Crippen LogP contribution in [0.25, 0.3) is 0 Å². The second-order valence-electron chi connectivity index (χ2n) is 5.88. The Morgan fingerprint density at radius 2 is 1.38 bits per heavy atom. The zero-order chi connectivity index (χ0) is 12.6. The van der Waals surface area contributed by atoms with Gasteiger partial charge in [-0.25, -0.2) is 0 Å². The molecular weight excluding hydrogens is 196 g/mol. The van der Waals surface area contributed by atoms with Gasteiger partial charge in [0.05, 0.1) is 6.10 Å². The Morgan fingerprint density at radius 1 is 0.875 bits per heavy atom. The van der Waals surface area contributed by atoms with E-state index in [1.807, 2.05) is 0 Å². The first-order chi connectivity index (χ1) is 7.51. The van der Waals surface area contributed by atoms with Gasteiger partial charge in [0.15, 0.2) is 0 Å². The second kappa shape index (κ2) is 9.04. The number of aliphatic hydroxyl groups excluding tert-OH is 1. The third-order valence-corrected chi connectivity index (χ3v) is 3.38. The zero-order valence-electron chi connectivity index (χ0n) is 12.0. The normalized spacial score (nSPS) is 15.8. The molecule has 1 nitrogen and oxygen atoms in total. The minimum absolute atomic E-state index is 0.0753. The molecule has 0 amide bonds. The molecule has 16 heavy (non-hydrogen) atoms. The third kappa shape index (κ3) is 7.27. The van der Waals surface area contributed by atoms with Crippen molar-refractivity contribution in [1.29, 1.82) is 0 Å². The number of aliphatic hydroxyl groups is 1. The molecule has 0 bridgehead atoms. The molecule has 2 unspecified atom stereocenters. The minimum Gasteiger partial charge on any atom is -0.393 e. The Bertz CT molecular complexity index is 148. The quantitative estimate of drug-likeness (QED) is 0.609. The summed E-state index contributed by atoms with van der Waals surface area (Å²) in [5.74, 6) is 1.94. The number of hydrogen-bond donors (Lipinski definition) is 1. The lowest BCUT2D eigenvalue weighted by molar-refractivity contribution is 0.0710. The highest BCUT2D eigenvalue weighted by Gasteiger charge is 2.20. The molecule has 0 aromatic heterocycles. The monoisotopic (exact) mass is 228 g/mol. The summed E-state index contributed by atoms with van der Waals surface area (Å²) < 4.78 is 0. The summed E-state index contributed by atoms with van der Waals surface area (Å²) in [5.41, 5.74) is 0. The van der Waals surface area contributed by atoms with Gasteiger partial charge in [-0.3, -0.25) is 0 Å². The standard InChI is InChI=1S/C15H32O/c1-6-8-14(9-7-2)15(16)11-13(5)10-12(3)4/h12-16H,6-11H2,1-5H3. The Morgan fingerprint density at radius 3 is 1.75 bits per heavy atom. The Labute approximate surface area is 103 Å². The molecule has 0 saturated heterocycles. The molecule has 0 aromatic carbocycles. The summed E-state index contributed by atoms with van der Waals surface area (Å²) in [7, 11) is 0. The Hall–Kier alpha value is -0.0400. The van der Waals surface area contributed by atoms with Crippen molar-refractivity contribution in [3.63, 3.8) is 0 Å². The topological polar surface area (TPSA) is 20.2 Å². The van der Waals surface area contributed by atoms with Gasteiger partial charge in [0.25, 0.3) is 0 Å². The van der Waals surface area contributed by atoms with E-state index in [-0.39, 0.29) is 6.10 Å². The SMILES string of the molecule is CCCC(CCC)C(O)CC(C)CC(C)C. The molecule has 0 heterocycles. The molecule has 0 spiro atoms. The molecular formula is C15H32O. The fourth-order valence-corrected chi connectivity index (χ4v) is 2.78. The van der Waals surface area contributed by atoms with Gasteiger partial charge in [-0.05, 0) is 43.4 Å². The van der Waals surface area contributed by atoms with E-state index in [9.17, 15) is 5.11 Å². The summed E-state index contributed by atoms with van der Waals surface area (Å²) in [6.45, 7) is 11.2. The van der Waals surface area contributed by atoms with Crippen molar-refractivity contribution in [2.24, 2.45) is 17.8 Å². The van der Waals surface area contributed by atoms with E-state index in [1.165, 1.54) is 32.1 Å². The van der Waals surface area contributed by atoms with Gasteiger partial charge in [-0.15, -0.1) is 0 Å². The molecule has 0 aliphatic rings. The molecule has 0 fully saturated rings. The molecule has 2 atom stereocenters. The summed E-state index contributed by atoms with van der Waals surface area (Å²) in [6.07, 6.45) is 6.91. The van der Waals surface area contributed by atoms with Crippen molar-refractivity contribution < 1.29 is 5.11 Å². The lowest BCUT2D eigenvalue weighted by Crippen LogP contribution is -2.23. The average Bonchev–Trinajstić information content (AvgIpc) is 2.15. The van der Waals surface area contributed by atoms with E-state index < -0.39 is 0 Å². The van der Waals surface area contributed by atoms with Gasteiger partial charge in [-0.2, -0.15) is 0 Å². The maximum Gasteiger partial charge on any atom is 0.0570 e. The smallest absolute Gasteiger partial charge is 0.0570 e. The molecule has 98 valence electrons. The van der Waals surface area contributed by atoms with Gasteiger partial charge in [-0.1, -0.05) is 47.5 Å². The predicted molar refractivity (Wildman–Crippen MR) is 72.5 cm³/mol. The predicted octanol–water partition coefficient (Wildman–Crippen LogP) is 4.64. The second-order valence-corrected chi connectivity index (χ2v) is 5.88. The van der Waals surface area contributed by atoms with Crippen molar-refractivity contribution in [1.82, 2.24) is 0 Å². The fraction of sp³-hybridized carbons (Fsp3) is 1.00. The van der Waals surface area contributed by atoms with Crippen LogP contribution in [0.1, 0.15) is 73.1 Å². The summed E-state index contributed by atoms with van der Waals surface area (Å²) in [6, 6.07) is 0. The first kappa shape index (κ1) is 16.0. The first-order valence-corrected chi connectivity index (χ1v) is 7.19. The van der Waals surface area contributed by atoms with Crippen LogP contribution in [-0.2, 0) is 0 Å². The highest BCUT2D eigenvalue weighted by Crippen LogP contribution is 2.25. The summed E-state index contributed by atoms with van der Waals surface area (Å²) >= 11 is 0. The Balaban J connectivity index is 4.01. The molecule has 1 heteroatoms. The van der Waals surface area contributed by atoms with Crippen molar-refractivity contribution in [2.45, 2.75) is 79.2 Å². The highest BCUT2D eigenvalue weighted by atomic mass is 16.3. The maximum atomic E-state index is 10.3. The largest absolute Gasteiger partial charge is 0.393 e. The van der Waals surface area contributed by atoms with Crippen molar-refractivity contribution in [2.75, 3.05) is 0 Å². The molecule has 0 rings (SSSR count). The third-order valence-electron chi connectivity index (χ3n) is 3.38. The van der Waals surface area contributed by atoms with Gasteiger partial charge in [0, 0.05) is 0 Å². The number of hydrogen-bond acceptors (Lipinski definition) is 1. The van der Waals surface area contributed by atoms with Crippen LogP contribution in [0, 0.1) is 17.8 Å². The average molecular weight is 228 g/mol. The van der Waals surface area contributed by atoms with E-state index in [4.69, 9.17) is 0 Å². The first-order valence-electron chi connectivity index (χ1n) is 7.19. The van der Waals surface area contributed by atoms with Crippen LogP contribution >= 0.6 is 0 Å². The maximum absolute atomic E-state index is 10.3. The molecule has 0 radical (unpaired) electrons. The Kier molecular flexibility index (Phi) is 9.02. The van der Waals surface area contributed by atoms with Crippen LogP contribution in [0.4, 0.5) is 0 Å². The lowest BCUT2D eigenvalue weighted by atomic mass is 9.85. The van der Waals surface area contributed by atoms with Crippen LogP contribution < -0.4 is 0 Å². The van der Waals surface area contributed by atoms with E-state index in [2.05, 4.69) is 34.6 Å². The van der Waals surface area contributed by atoms with Crippen LogP contribution in [0.5, 0.6) is 0 Å². The summed E-state index contributed by atoms with van der Waals surface area (Å²) in [5, 5.41) is 10.3. The van der Waals surface area contributed by atoms with Gasteiger partial charge in [0.2, 0.25) is 0 Å². The molecule has 0 aromatic rings. The van der Waals surface area contributed by atoms with Crippen molar-refractivity contribution >= 4 is 0 Å². The van der Waals surface area contributed by atoms with Crippen molar-refractivity contribution in [3.05, 3.63) is 0 Å². The van der Waals surface area contributed by atoms with E-state index >= 15 is 0 Å². The zero-order valence-corrected chi connectivity index (χ0v) is 12.0. The van der Waals surface area contributed by atoms with Crippen LogP contribution in [0.3, 0.4) is 0 Å². The molecule has 0 aliphatic carbocycles.